The molecule has 0 aromatic carbocycles. The van der Waals surface area contributed by atoms with Gasteiger partial charge in [0.25, 0.3) is 5.91 Å². The second-order valence-electron chi connectivity index (χ2n) is 5.55. The van der Waals surface area contributed by atoms with Crippen LogP contribution in [0.1, 0.15) is 47.2 Å². The number of hydrogen-bond acceptors (Lipinski definition) is 4. The van der Waals surface area contributed by atoms with E-state index in [1.165, 1.54) is 7.11 Å². The Morgan fingerprint density at radius 2 is 2.00 bits per heavy atom. The Bertz CT molecular complexity index is 665. The number of carbonyl (C=O) groups is 1. The highest BCUT2D eigenvalue weighted by Gasteiger charge is 2.43. The number of amides is 1. The van der Waals surface area contributed by atoms with Gasteiger partial charge >= 0.3 is 0 Å². The van der Waals surface area contributed by atoms with Crippen LogP contribution in [0.3, 0.4) is 0 Å². The normalized spacial score (nSPS) is 23.4. The molecule has 0 fully saturated rings. The maximum absolute atomic E-state index is 12.7. The molecule has 6 heteroatoms. The number of methoxy groups -OCH3 is 2. The molecule has 0 N–H and O–H groups in total. The van der Waals surface area contributed by atoms with Gasteiger partial charge in [-0.15, -0.1) is 0 Å². The zero-order chi connectivity index (χ0) is 15.3. The second kappa shape index (κ2) is 4.87. The molecule has 1 aromatic heterocycles. The summed E-state index contributed by atoms with van der Waals surface area (Å²) in [4.78, 5) is 26.9. The molecule has 1 aromatic rings. The first-order chi connectivity index (χ1) is 10.0. The Balaban J connectivity index is 2.35. The van der Waals surface area contributed by atoms with E-state index in [9.17, 15) is 9.59 Å². The average Bonchev–Trinajstić information content (AvgIpc) is 2.86. The van der Waals surface area contributed by atoms with Gasteiger partial charge in [0.15, 0.2) is 11.4 Å². The van der Waals surface area contributed by atoms with Crippen LogP contribution in [0.4, 0.5) is 0 Å². The van der Waals surface area contributed by atoms with E-state index >= 15 is 0 Å². The lowest BCUT2D eigenvalue weighted by Crippen LogP contribution is -2.43. The van der Waals surface area contributed by atoms with E-state index in [1.54, 1.807) is 18.9 Å². The van der Waals surface area contributed by atoms with Crippen LogP contribution in [0.2, 0.25) is 0 Å². The fourth-order valence-corrected chi connectivity index (χ4v) is 3.56. The minimum absolute atomic E-state index is 0.138. The Morgan fingerprint density at radius 3 is 2.57 bits per heavy atom. The van der Waals surface area contributed by atoms with E-state index < -0.39 is 0 Å². The molecular weight excluding hydrogens is 272 g/mol. The molecule has 21 heavy (non-hydrogen) atoms. The first-order valence-corrected chi connectivity index (χ1v) is 7.20. The van der Waals surface area contributed by atoms with Gasteiger partial charge in [0.05, 0.1) is 24.9 Å². The lowest BCUT2D eigenvalue weighted by atomic mass is 10.1. The number of likely N-dealkylation sites (N-methyl/N-ethyl adjacent to an activating group) is 1. The first-order valence-electron chi connectivity index (χ1n) is 7.20. The highest BCUT2D eigenvalue weighted by Crippen LogP contribution is 2.43. The molecule has 0 saturated carbocycles. The van der Waals surface area contributed by atoms with E-state index in [1.807, 2.05) is 11.5 Å². The molecule has 2 atom stereocenters. The van der Waals surface area contributed by atoms with E-state index in [4.69, 9.17) is 9.47 Å². The summed E-state index contributed by atoms with van der Waals surface area (Å²) < 4.78 is 12.8. The third-order valence-electron chi connectivity index (χ3n) is 4.59. The molecule has 0 spiro atoms. The number of aromatic nitrogens is 1. The summed E-state index contributed by atoms with van der Waals surface area (Å²) >= 11 is 0. The number of rotatable bonds is 3. The second-order valence-corrected chi connectivity index (χ2v) is 5.55. The molecule has 114 valence electrons. The summed E-state index contributed by atoms with van der Waals surface area (Å²) in [7, 11) is 3.08. The van der Waals surface area contributed by atoms with Crippen molar-refractivity contribution in [3.8, 4) is 5.75 Å². The van der Waals surface area contributed by atoms with Gasteiger partial charge in [-0.2, -0.15) is 0 Å². The summed E-state index contributed by atoms with van der Waals surface area (Å²) in [6.45, 7) is 4.99. The molecule has 0 saturated heterocycles. The van der Waals surface area contributed by atoms with E-state index in [2.05, 4.69) is 0 Å². The monoisotopic (exact) mass is 292 g/mol. The third-order valence-corrected chi connectivity index (χ3v) is 4.59. The SMILES string of the molecule is CCN1CC2CC(OC)c3c(C)c(=O)c(OC)c(n32)C1=O. The van der Waals surface area contributed by atoms with Gasteiger partial charge in [-0.25, -0.2) is 0 Å². The van der Waals surface area contributed by atoms with Crippen LogP contribution in [0.15, 0.2) is 4.79 Å². The molecule has 2 unspecified atom stereocenters. The topological polar surface area (TPSA) is 60.8 Å². The molecular formula is C15H20N2O4. The standard InChI is InChI=1S/C15H20N2O4/c1-5-16-7-9-6-10(20-3)11-8(2)13(18)14(21-4)12(15(16)19)17(9)11/h9-10H,5-7H2,1-4H3. The highest BCUT2D eigenvalue weighted by atomic mass is 16.5. The number of ether oxygens (including phenoxy) is 2. The molecule has 3 heterocycles. The Kier molecular flexibility index (Phi) is 3.28. The van der Waals surface area contributed by atoms with Crippen LogP contribution in [0, 0.1) is 6.92 Å². The Morgan fingerprint density at radius 1 is 1.29 bits per heavy atom. The highest BCUT2D eigenvalue weighted by molar-refractivity contribution is 5.96. The average molecular weight is 292 g/mol. The van der Waals surface area contributed by atoms with Crippen LogP contribution in [0.5, 0.6) is 5.75 Å². The van der Waals surface area contributed by atoms with Crippen molar-refractivity contribution in [3.63, 3.8) is 0 Å². The summed E-state index contributed by atoms with van der Waals surface area (Å²) in [5, 5.41) is 0. The summed E-state index contributed by atoms with van der Waals surface area (Å²) in [6.07, 6.45) is 0.637. The summed E-state index contributed by atoms with van der Waals surface area (Å²) in [5.41, 5.74) is 1.60. The van der Waals surface area contributed by atoms with Crippen molar-refractivity contribution in [1.29, 1.82) is 0 Å². The van der Waals surface area contributed by atoms with Gasteiger partial charge in [0.2, 0.25) is 5.43 Å². The number of hydrogen-bond donors (Lipinski definition) is 0. The molecule has 1 amide bonds. The largest absolute Gasteiger partial charge is 0.491 e. The number of nitrogens with zero attached hydrogens (tertiary/aromatic N) is 2. The number of pyridine rings is 1. The van der Waals surface area contributed by atoms with Crippen LogP contribution in [0.25, 0.3) is 0 Å². The van der Waals surface area contributed by atoms with Crippen LogP contribution in [-0.2, 0) is 4.74 Å². The van der Waals surface area contributed by atoms with Crippen molar-refractivity contribution in [2.45, 2.75) is 32.4 Å². The van der Waals surface area contributed by atoms with Crippen molar-refractivity contribution >= 4 is 5.91 Å². The molecule has 0 aliphatic carbocycles. The number of carbonyl (C=O) groups excluding carboxylic acids is 1. The van der Waals surface area contributed by atoms with Crippen molar-refractivity contribution < 1.29 is 14.3 Å². The van der Waals surface area contributed by atoms with Crippen LogP contribution >= 0.6 is 0 Å². The van der Waals surface area contributed by atoms with Crippen molar-refractivity contribution in [2.75, 3.05) is 27.3 Å². The third kappa shape index (κ3) is 1.75. The quantitative estimate of drug-likeness (QED) is 0.842. The lowest BCUT2D eigenvalue weighted by Gasteiger charge is -2.34. The van der Waals surface area contributed by atoms with Gasteiger partial charge < -0.3 is 18.9 Å². The Labute approximate surface area is 123 Å². The maximum Gasteiger partial charge on any atom is 0.274 e. The van der Waals surface area contributed by atoms with Gasteiger partial charge in [0, 0.05) is 32.2 Å². The summed E-state index contributed by atoms with van der Waals surface area (Å²) in [5.74, 6) is 0.0156. The fourth-order valence-electron chi connectivity index (χ4n) is 3.56. The summed E-state index contributed by atoms with van der Waals surface area (Å²) in [6, 6.07) is 0.144. The smallest absolute Gasteiger partial charge is 0.274 e. The molecule has 0 bridgehead atoms. The van der Waals surface area contributed by atoms with Gasteiger partial charge in [-0.3, -0.25) is 9.59 Å². The van der Waals surface area contributed by atoms with E-state index in [0.717, 1.165) is 12.1 Å². The molecule has 2 aliphatic rings. The minimum atomic E-state index is -0.215. The van der Waals surface area contributed by atoms with Crippen molar-refractivity contribution in [1.82, 2.24) is 9.47 Å². The Hall–Kier alpha value is -1.82. The predicted octanol–water partition coefficient (Wildman–Crippen LogP) is 1.27. The van der Waals surface area contributed by atoms with Gasteiger partial charge in [-0.05, 0) is 13.8 Å². The first kappa shape index (κ1) is 14.1. The van der Waals surface area contributed by atoms with Crippen LogP contribution in [-0.4, -0.2) is 42.7 Å². The van der Waals surface area contributed by atoms with Crippen molar-refractivity contribution in [3.05, 3.63) is 27.2 Å². The van der Waals surface area contributed by atoms with E-state index in [-0.39, 0.29) is 29.2 Å². The van der Waals surface area contributed by atoms with E-state index in [0.29, 0.717) is 24.3 Å². The predicted molar refractivity (Wildman–Crippen MR) is 77.0 cm³/mol. The molecule has 3 rings (SSSR count). The molecule has 2 aliphatic heterocycles. The van der Waals surface area contributed by atoms with Crippen LogP contribution < -0.4 is 10.2 Å². The molecule has 6 nitrogen and oxygen atoms in total. The lowest BCUT2D eigenvalue weighted by molar-refractivity contribution is 0.0652. The van der Waals surface area contributed by atoms with Crippen molar-refractivity contribution in [2.24, 2.45) is 0 Å². The minimum Gasteiger partial charge on any atom is -0.491 e. The zero-order valence-electron chi connectivity index (χ0n) is 12.8. The molecule has 0 radical (unpaired) electrons. The zero-order valence-corrected chi connectivity index (χ0v) is 12.8. The maximum atomic E-state index is 12.7. The van der Waals surface area contributed by atoms with Gasteiger partial charge in [0.1, 0.15) is 0 Å². The fraction of sp³-hybridized carbons (Fsp3) is 0.600. The van der Waals surface area contributed by atoms with Gasteiger partial charge in [-0.1, -0.05) is 0 Å².